The molecule has 0 unspecified atom stereocenters. The first-order valence-corrected chi connectivity index (χ1v) is 6.74. The number of aliphatic hydroxyl groups is 1. The first-order chi connectivity index (χ1) is 8.50. The molecule has 3 nitrogen and oxygen atoms in total. The van der Waals surface area contributed by atoms with Gasteiger partial charge in [-0.3, -0.25) is 0 Å². The molecule has 100 valence electrons. The lowest BCUT2D eigenvalue weighted by molar-refractivity contribution is 0.0840. The molecule has 1 fully saturated rings. The van der Waals surface area contributed by atoms with Crippen LogP contribution < -0.4 is 5.73 Å². The van der Waals surface area contributed by atoms with Crippen LogP contribution in [0.1, 0.15) is 48.4 Å². The van der Waals surface area contributed by atoms with E-state index in [-0.39, 0.29) is 11.8 Å². The van der Waals surface area contributed by atoms with Crippen molar-refractivity contribution in [3.05, 3.63) is 28.8 Å². The zero-order valence-electron chi connectivity index (χ0n) is 11.2. The van der Waals surface area contributed by atoms with Gasteiger partial charge in [-0.05, 0) is 61.4 Å². The molecule has 1 aliphatic rings. The van der Waals surface area contributed by atoms with Crippen molar-refractivity contribution in [1.29, 1.82) is 0 Å². The molecule has 1 aromatic rings. The summed E-state index contributed by atoms with van der Waals surface area (Å²) in [6.07, 6.45) is 4.06. The highest BCUT2D eigenvalue weighted by Crippen LogP contribution is 2.35. The summed E-state index contributed by atoms with van der Waals surface area (Å²) >= 11 is 0. The Balaban J connectivity index is 2.24. The van der Waals surface area contributed by atoms with Crippen LogP contribution in [-0.2, 0) is 0 Å². The van der Waals surface area contributed by atoms with Crippen molar-refractivity contribution in [2.45, 2.75) is 51.7 Å². The maximum atomic E-state index is 10.4. The van der Waals surface area contributed by atoms with E-state index in [1.54, 1.807) is 12.1 Å². The lowest BCUT2D eigenvalue weighted by Gasteiger charge is -2.27. The minimum absolute atomic E-state index is 0.260. The zero-order valence-corrected chi connectivity index (χ0v) is 11.2. The molecule has 0 spiro atoms. The van der Waals surface area contributed by atoms with Gasteiger partial charge >= 0.3 is 0 Å². The number of hydrogen-bond acceptors (Lipinski definition) is 3. The maximum Gasteiger partial charge on any atom is 0.116 e. The van der Waals surface area contributed by atoms with E-state index in [1.165, 1.54) is 12.8 Å². The zero-order chi connectivity index (χ0) is 13.3. The summed E-state index contributed by atoms with van der Waals surface area (Å²) in [7, 11) is 0. The molecule has 0 heterocycles. The number of hydrogen-bond donors (Lipinski definition) is 3. The summed E-state index contributed by atoms with van der Waals surface area (Å²) in [6.45, 7) is 3.87. The number of benzene rings is 1. The minimum atomic E-state index is -0.477. The summed E-state index contributed by atoms with van der Waals surface area (Å²) in [4.78, 5) is 0. The molecule has 18 heavy (non-hydrogen) atoms. The Morgan fingerprint density at radius 1 is 1.17 bits per heavy atom. The first-order valence-electron chi connectivity index (χ1n) is 6.74. The number of nitrogens with two attached hydrogens (primary N) is 1. The van der Waals surface area contributed by atoms with Gasteiger partial charge in [-0.15, -0.1) is 0 Å². The Kier molecular flexibility index (Phi) is 3.93. The van der Waals surface area contributed by atoms with Gasteiger partial charge in [-0.1, -0.05) is 12.8 Å². The van der Waals surface area contributed by atoms with Crippen LogP contribution in [0, 0.1) is 19.8 Å². The van der Waals surface area contributed by atoms with Gasteiger partial charge in [0.25, 0.3) is 0 Å². The SMILES string of the molecule is Cc1cc(O)cc(C)c1[C@@H](N)[C@@H](O)C1CCCC1. The van der Waals surface area contributed by atoms with E-state index in [0.717, 1.165) is 29.5 Å². The van der Waals surface area contributed by atoms with Crippen LogP contribution in [0.5, 0.6) is 5.75 Å². The number of phenols is 1. The van der Waals surface area contributed by atoms with Gasteiger partial charge in [-0.25, -0.2) is 0 Å². The Labute approximate surface area is 109 Å². The minimum Gasteiger partial charge on any atom is -0.508 e. The monoisotopic (exact) mass is 249 g/mol. The summed E-state index contributed by atoms with van der Waals surface area (Å²) in [5.41, 5.74) is 9.13. The van der Waals surface area contributed by atoms with Gasteiger partial charge in [0.2, 0.25) is 0 Å². The molecule has 0 saturated heterocycles. The molecule has 0 aliphatic heterocycles. The van der Waals surface area contributed by atoms with Gasteiger partial charge in [0, 0.05) is 0 Å². The van der Waals surface area contributed by atoms with Gasteiger partial charge in [-0.2, -0.15) is 0 Å². The van der Waals surface area contributed by atoms with Crippen LogP contribution in [-0.4, -0.2) is 16.3 Å². The first kappa shape index (κ1) is 13.4. The Morgan fingerprint density at radius 2 is 1.67 bits per heavy atom. The summed E-state index contributed by atoms with van der Waals surface area (Å²) in [5.74, 6) is 0.587. The molecular formula is C15H23NO2. The van der Waals surface area contributed by atoms with Gasteiger partial charge < -0.3 is 15.9 Å². The van der Waals surface area contributed by atoms with Crippen molar-refractivity contribution in [3.63, 3.8) is 0 Å². The van der Waals surface area contributed by atoms with E-state index >= 15 is 0 Å². The lowest BCUT2D eigenvalue weighted by atomic mass is 9.87. The topological polar surface area (TPSA) is 66.5 Å². The predicted octanol–water partition coefficient (Wildman–Crippen LogP) is 2.56. The number of aromatic hydroxyl groups is 1. The van der Waals surface area contributed by atoms with E-state index < -0.39 is 6.10 Å². The third-order valence-corrected chi connectivity index (χ3v) is 4.16. The molecule has 2 rings (SSSR count). The fraction of sp³-hybridized carbons (Fsp3) is 0.600. The highest BCUT2D eigenvalue weighted by molar-refractivity contribution is 5.42. The van der Waals surface area contributed by atoms with Crippen molar-refractivity contribution in [2.24, 2.45) is 11.7 Å². The molecule has 1 aliphatic carbocycles. The van der Waals surface area contributed by atoms with Gasteiger partial charge in [0.15, 0.2) is 0 Å². The smallest absolute Gasteiger partial charge is 0.116 e. The van der Waals surface area contributed by atoms with Crippen LogP contribution in [0.25, 0.3) is 0 Å². The fourth-order valence-electron chi connectivity index (χ4n) is 3.24. The average Bonchev–Trinajstić information content (AvgIpc) is 2.79. The molecule has 1 saturated carbocycles. The molecule has 4 N–H and O–H groups in total. The van der Waals surface area contributed by atoms with E-state index in [2.05, 4.69) is 0 Å². The molecule has 0 amide bonds. The average molecular weight is 249 g/mol. The molecule has 3 heteroatoms. The van der Waals surface area contributed by atoms with Crippen molar-refractivity contribution in [2.75, 3.05) is 0 Å². The van der Waals surface area contributed by atoms with Crippen molar-refractivity contribution in [3.8, 4) is 5.75 Å². The van der Waals surface area contributed by atoms with Crippen LogP contribution in [0.4, 0.5) is 0 Å². The van der Waals surface area contributed by atoms with E-state index in [4.69, 9.17) is 5.73 Å². The number of phenolic OH excluding ortho intramolecular Hbond substituents is 1. The third-order valence-electron chi connectivity index (χ3n) is 4.16. The molecule has 1 aromatic carbocycles. The van der Waals surface area contributed by atoms with Crippen LogP contribution in [0.3, 0.4) is 0 Å². The molecule has 0 radical (unpaired) electrons. The second-order valence-corrected chi connectivity index (χ2v) is 5.55. The highest BCUT2D eigenvalue weighted by Gasteiger charge is 2.30. The van der Waals surface area contributed by atoms with Crippen LogP contribution in [0.2, 0.25) is 0 Å². The molecular weight excluding hydrogens is 226 g/mol. The quantitative estimate of drug-likeness (QED) is 0.771. The van der Waals surface area contributed by atoms with Crippen molar-refractivity contribution < 1.29 is 10.2 Å². The van der Waals surface area contributed by atoms with Crippen molar-refractivity contribution in [1.82, 2.24) is 0 Å². The molecule has 0 aromatic heterocycles. The third kappa shape index (κ3) is 2.52. The largest absolute Gasteiger partial charge is 0.508 e. The number of rotatable bonds is 3. The van der Waals surface area contributed by atoms with Gasteiger partial charge in [0.1, 0.15) is 5.75 Å². The highest BCUT2D eigenvalue weighted by atomic mass is 16.3. The van der Waals surface area contributed by atoms with E-state index in [9.17, 15) is 10.2 Å². The van der Waals surface area contributed by atoms with E-state index in [0.29, 0.717) is 5.92 Å². The normalized spacial score (nSPS) is 20.0. The lowest BCUT2D eigenvalue weighted by Crippen LogP contribution is -2.33. The Morgan fingerprint density at radius 3 is 2.17 bits per heavy atom. The summed E-state index contributed by atoms with van der Waals surface area (Å²) in [6, 6.07) is 3.07. The fourth-order valence-corrected chi connectivity index (χ4v) is 3.24. The van der Waals surface area contributed by atoms with E-state index in [1.807, 2.05) is 13.8 Å². The van der Waals surface area contributed by atoms with Gasteiger partial charge in [0.05, 0.1) is 12.1 Å². The standard InChI is InChI=1S/C15H23NO2/c1-9-7-12(17)8-10(2)13(9)14(16)15(18)11-5-3-4-6-11/h7-8,11,14-15,17-18H,3-6,16H2,1-2H3/t14-,15+/m1/s1. The Hall–Kier alpha value is -1.06. The second kappa shape index (κ2) is 5.29. The Bertz CT molecular complexity index is 401. The number of aryl methyl sites for hydroxylation is 2. The number of aliphatic hydroxyl groups excluding tert-OH is 1. The predicted molar refractivity (Wildman–Crippen MR) is 72.5 cm³/mol. The maximum absolute atomic E-state index is 10.4. The molecule has 2 atom stereocenters. The summed E-state index contributed by atoms with van der Waals surface area (Å²) in [5, 5.41) is 19.9. The van der Waals surface area contributed by atoms with Crippen molar-refractivity contribution >= 4 is 0 Å². The van der Waals surface area contributed by atoms with Crippen LogP contribution >= 0.6 is 0 Å². The second-order valence-electron chi connectivity index (χ2n) is 5.55. The summed E-state index contributed by atoms with van der Waals surface area (Å²) < 4.78 is 0. The van der Waals surface area contributed by atoms with Crippen LogP contribution in [0.15, 0.2) is 12.1 Å². The molecule has 0 bridgehead atoms.